The SMILES string of the molecule is COc1ccc(C)cc1CCN(C)C. The van der Waals surface area contributed by atoms with Crippen LogP contribution in [0.25, 0.3) is 0 Å². The van der Waals surface area contributed by atoms with Gasteiger partial charge in [0, 0.05) is 6.54 Å². The first-order chi connectivity index (χ1) is 6.63. The number of nitrogens with zero attached hydrogens (tertiary/aromatic N) is 1. The van der Waals surface area contributed by atoms with Gasteiger partial charge in [0.05, 0.1) is 7.11 Å². The van der Waals surface area contributed by atoms with Gasteiger partial charge in [0.15, 0.2) is 0 Å². The molecule has 0 aliphatic carbocycles. The molecule has 2 nitrogen and oxygen atoms in total. The molecule has 0 heterocycles. The predicted molar refractivity (Wildman–Crippen MR) is 60.0 cm³/mol. The van der Waals surface area contributed by atoms with Crippen molar-refractivity contribution in [2.45, 2.75) is 13.3 Å². The van der Waals surface area contributed by atoms with Crippen LogP contribution in [0.1, 0.15) is 11.1 Å². The molecule has 0 radical (unpaired) electrons. The van der Waals surface area contributed by atoms with E-state index in [0.717, 1.165) is 18.7 Å². The summed E-state index contributed by atoms with van der Waals surface area (Å²) < 4.78 is 5.31. The maximum absolute atomic E-state index is 5.31. The summed E-state index contributed by atoms with van der Waals surface area (Å²) in [5, 5.41) is 0. The van der Waals surface area contributed by atoms with Gasteiger partial charge in [-0.05, 0) is 39.1 Å². The monoisotopic (exact) mass is 193 g/mol. The first-order valence-corrected chi connectivity index (χ1v) is 4.91. The average Bonchev–Trinajstić information content (AvgIpc) is 2.15. The van der Waals surface area contributed by atoms with Crippen molar-refractivity contribution in [3.05, 3.63) is 29.3 Å². The molecule has 14 heavy (non-hydrogen) atoms. The van der Waals surface area contributed by atoms with E-state index in [1.54, 1.807) is 7.11 Å². The molecule has 0 aromatic heterocycles. The second-order valence-corrected chi connectivity index (χ2v) is 3.87. The van der Waals surface area contributed by atoms with Gasteiger partial charge in [-0.3, -0.25) is 0 Å². The zero-order valence-electron chi connectivity index (χ0n) is 9.50. The van der Waals surface area contributed by atoms with Gasteiger partial charge in [-0.15, -0.1) is 0 Å². The van der Waals surface area contributed by atoms with E-state index in [9.17, 15) is 0 Å². The number of likely N-dealkylation sites (N-methyl/N-ethyl adjacent to an activating group) is 1. The van der Waals surface area contributed by atoms with Gasteiger partial charge in [-0.1, -0.05) is 17.7 Å². The van der Waals surface area contributed by atoms with E-state index in [-0.39, 0.29) is 0 Å². The number of hydrogen-bond donors (Lipinski definition) is 0. The van der Waals surface area contributed by atoms with E-state index in [4.69, 9.17) is 4.74 Å². The van der Waals surface area contributed by atoms with E-state index in [2.05, 4.69) is 38.1 Å². The summed E-state index contributed by atoms with van der Waals surface area (Å²) in [5.41, 5.74) is 2.58. The Balaban J connectivity index is 2.77. The molecule has 1 aromatic carbocycles. The Hall–Kier alpha value is -1.02. The zero-order valence-corrected chi connectivity index (χ0v) is 9.50. The largest absolute Gasteiger partial charge is 0.496 e. The number of aryl methyl sites for hydroxylation is 1. The average molecular weight is 193 g/mol. The van der Waals surface area contributed by atoms with Gasteiger partial charge in [-0.25, -0.2) is 0 Å². The summed E-state index contributed by atoms with van der Waals surface area (Å²) in [4.78, 5) is 2.18. The number of ether oxygens (including phenoxy) is 1. The molecule has 78 valence electrons. The Labute approximate surface area is 86.5 Å². The normalized spacial score (nSPS) is 10.6. The number of methoxy groups -OCH3 is 1. The quantitative estimate of drug-likeness (QED) is 0.726. The summed E-state index contributed by atoms with van der Waals surface area (Å²) in [6.45, 7) is 3.17. The van der Waals surface area contributed by atoms with Gasteiger partial charge < -0.3 is 9.64 Å². The first kappa shape index (κ1) is 11.1. The number of rotatable bonds is 4. The van der Waals surface area contributed by atoms with E-state index in [1.165, 1.54) is 11.1 Å². The van der Waals surface area contributed by atoms with E-state index in [0.29, 0.717) is 0 Å². The highest BCUT2D eigenvalue weighted by Gasteiger charge is 2.03. The third kappa shape index (κ3) is 3.04. The molecule has 1 aromatic rings. The Morgan fingerprint density at radius 2 is 2.00 bits per heavy atom. The van der Waals surface area contributed by atoms with Crippen molar-refractivity contribution in [1.82, 2.24) is 4.90 Å². The van der Waals surface area contributed by atoms with Crippen molar-refractivity contribution < 1.29 is 4.74 Å². The van der Waals surface area contributed by atoms with E-state index >= 15 is 0 Å². The summed E-state index contributed by atoms with van der Waals surface area (Å²) in [7, 11) is 5.90. The molecule has 0 atom stereocenters. The molecule has 0 saturated carbocycles. The minimum absolute atomic E-state index is 0.998. The summed E-state index contributed by atoms with van der Waals surface area (Å²) in [6.07, 6.45) is 1.04. The molecular weight excluding hydrogens is 174 g/mol. The lowest BCUT2D eigenvalue weighted by Gasteiger charge is -2.12. The maximum Gasteiger partial charge on any atom is 0.122 e. The topological polar surface area (TPSA) is 12.5 Å². The molecule has 0 spiro atoms. The highest BCUT2D eigenvalue weighted by Crippen LogP contribution is 2.19. The number of hydrogen-bond acceptors (Lipinski definition) is 2. The summed E-state index contributed by atoms with van der Waals surface area (Å²) >= 11 is 0. The molecule has 0 aliphatic heterocycles. The lowest BCUT2D eigenvalue weighted by molar-refractivity contribution is 0.392. The Bertz CT molecular complexity index is 294. The van der Waals surface area contributed by atoms with Crippen LogP contribution < -0.4 is 4.74 Å². The van der Waals surface area contributed by atoms with Crippen LogP contribution in [-0.4, -0.2) is 32.6 Å². The van der Waals surface area contributed by atoms with Gasteiger partial charge >= 0.3 is 0 Å². The van der Waals surface area contributed by atoms with Gasteiger partial charge in [-0.2, -0.15) is 0 Å². The van der Waals surface area contributed by atoms with Crippen molar-refractivity contribution in [1.29, 1.82) is 0 Å². The van der Waals surface area contributed by atoms with Crippen molar-refractivity contribution in [3.63, 3.8) is 0 Å². The molecule has 0 saturated heterocycles. The van der Waals surface area contributed by atoms with Crippen LogP contribution in [0.15, 0.2) is 18.2 Å². The van der Waals surface area contributed by atoms with Gasteiger partial charge in [0.25, 0.3) is 0 Å². The Morgan fingerprint density at radius 1 is 1.29 bits per heavy atom. The van der Waals surface area contributed by atoms with Crippen LogP contribution in [-0.2, 0) is 6.42 Å². The highest BCUT2D eigenvalue weighted by molar-refractivity contribution is 5.37. The molecular formula is C12H19NO. The molecule has 0 amide bonds. The van der Waals surface area contributed by atoms with Crippen molar-refractivity contribution in [2.24, 2.45) is 0 Å². The smallest absolute Gasteiger partial charge is 0.122 e. The predicted octanol–water partition coefficient (Wildman–Crippen LogP) is 2.11. The molecule has 0 unspecified atom stereocenters. The third-order valence-electron chi connectivity index (χ3n) is 2.26. The van der Waals surface area contributed by atoms with Gasteiger partial charge in [0.1, 0.15) is 5.75 Å². The number of benzene rings is 1. The van der Waals surface area contributed by atoms with Gasteiger partial charge in [0.2, 0.25) is 0 Å². The second kappa shape index (κ2) is 5.01. The fourth-order valence-electron chi connectivity index (χ4n) is 1.45. The van der Waals surface area contributed by atoms with Crippen molar-refractivity contribution in [3.8, 4) is 5.75 Å². The minimum atomic E-state index is 0.998. The molecule has 2 heteroatoms. The van der Waals surface area contributed by atoms with E-state index in [1.807, 2.05) is 6.07 Å². The standard InChI is InChI=1S/C12H19NO/c1-10-5-6-12(14-4)11(9-10)7-8-13(2)3/h5-6,9H,7-8H2,1-4H3. The van der Waals surface area contributed by atoms with Crippen LogP contribution in [0.5, 0.6) is 5.75 Å². The van der Waals surface area contributed by atoms with Crippen LogP contribution in [0.3, 0.4) is 0 Å². The van der Waals surface area contributed by atoms with Crippen LogP contribution in [0.2, 0.25) is 0 Å². The summed E-state index contributed by atoms with van der Waals surface area (Å²) in [6, 6.07) is 6.32. The third-order valence-corrected chi connectivity index (χ3v) is 2.26. The molecule has 0 N–H and O–H groups in total. The lowest BCUT2D eigenvalue weighted by Crippen LogP contribution is -2.15. The fourth-order valence-corrected chi connectivity index (χ4v) is 1.45. The minimum Gasteiger partial charge on any atom is -0.496 e. The zero-order chi connectivity index (χ0) is 10.6. The van der Waals surface area contributed by atoms with Crippen LogP contribution >= 0.6 is 0 Å². The fraction of sp³-hybridized carbons (Fsp3) is 0.500. The molecule has 0 bridgehead atoms. The summed E-state index contributed by atoms with van der Waals surface area (Å²) in [5.74, 6) is 0.998. The van der Waals surface area contributed by atoms with Crippen LogP contribution in [0, 0.1) is 6.92 Å². The second-order valence-electron chi connectivity index (χ2n) is 3.87. The van der Waals surface area contributed by atoms with E-state index < -0.39 is 0 Å². The van der Waals surface area contributed by atoms with Crippen molar-refractivity contribution >= 4 is 0 Å². The Morgan fingerprint density at radius 3 is 2.57 bits per heavy atom. The maximum atomic E-state index is 5.31. The molecule has 1 rings (SSSR count). The van der Waals surface area contributed by atoms with Crippen LogP contribution in [0.4, 0.5) is 0 Å². The Kier molecular flexibility index (Phi) is 3.96. The van der Waals surface area contributed by atoms with Crippen molar-refractivity contribution in [2.75, 3.05) is 27.7 Å². The first-order valence-electron chi connectivity index (χ1n) is 4.91. The molecule has 0 fully saturated rings. The highest BCUT2D eigenvalue weighted by atomic mass is 16.5. The lowest BCUT2D eigenvalue weighted by atomic mass is 10.1. The molecule has 0 aliphatic rings.